The van der Waals surface area contributed by atoms with E-state index in [0.717, 1.165) is 44.9 Å². The number of ether oxygens (including phenoxy) is 1. The molecule has 0 atom stereocenters. The molecule has 1 heterocycles. The Hall–Kier alpha value is -1.80. The van der Waals surface area contributed by atoms with Gasteiger partial charge >= 0.3 is 0 Å². The summed E-state index contributed by atoms with van der Waals surface area (Å²) in [5, 5.41) is 0.548. The van der Waals surface area contributed by atoms with Crippen molar-refractivity contribution in [3.63, 3.8) is 0 Å². The van der Waals surface area contributed by atoms with Crippen LogP contribution in [0.5, 0.6) is 5.75 Å². The number of rotatable bonds is 9. The Bertz CT molecular complexity index is 882. The molecule has 2 aromatic carbocycles. The maximum absolute atomic E-state index is 12.2. The molecule has 0 bridgehead atoms. The van der Waals surface area contributed by atoms with E-state index in [1.54, 1.807) is 31.4 Å². The van der Waals surface area contributed by atoms with Crippen molar-refractivity contribution in [2.75, 3.05) is 51.3 Å². The lowest BCUT2D eigenvalue weighted by Gasteiger charge is -2.36. The summed E-state index contributed by atoms with van der Waals surface area (Å²) < 4.78 is 32.4. The standard InChI is InChI=1S/C21H28ClN3O3S/c1-28-21-8-6-20(7-9-21)25-14-12-24(13-15-25)11-3-10-23-29(26,27)17-18-4-2-5-19(22)16-18/h2,4-9,16,23H,3,10-15,17H2,1H3. The van der Waals surface area contributed by atoms with Crippen LogP contribution in [0.3, 0.4) is 0 Å². The number of nitrogens with one attached hydrogen (secondary N) is 1. The average molecular weight is 438 g/mol. The first kappa shape index (κ1) is 21.9. The molecule has 1 aliphatic heterocycles. The van der Waals surface area contributed by atoms with E-state index in [1.807, 2.05) is 12.1 Å². The summed E-state index contributed by atoms with van der Waals surface area (Å²) in [4.78, 5) is 4.74. The van der Waals surface area contributed by atoms with Gasteiger partial charge in [0.2, 0.25) is 10.0 Å². The molecule has 0 saturated carbocycles. The van der Waals surface area contributed by atoms with Crippen LogP contribution in [0.25, 0.3) is 0 Å². The molecule has 0 amide bonds. The third-order valence-electron chi connectivity index (χ3n) is 5.03. The lowest BCUT2D eigenvalue weighted by Crippen LogP contribution is -2.47. The number of piperazine rings is 1. The Balaban J connectivity index is 1.36. The highest BCUT2D eigenvalue weighted by molar-refractivity contribution is 7.88. The van der Waals surface area contributed by atoms with E-state index in [2.05, 4.69) is 26.7 Å². The minimum atomic E-state index is -3.35. The number of hydrogen-bond acceptors (Lipinski definition) is 5. The quantitative estimate of drug-likeness (QED) is 0.611. The van der Waals surface area contributed by atoms with Crippen LogP contribution in [-0.2, 0) is 15.8 Å². The van der Waals surface area contributed by atoms with Crippen LogP contribution in [0.15, 0.2) is 48.5 Å². The highest BCUT2D eigenvalue weighted by atomic mass is 35.5. The van der Waals surface area contributed by atoms with E-state index >= 15 is 0 Å². The third-order valence-corrected chi connectivity index (χ3v) is 6.62. The van der Waals surface area contributed by atoms with Gasteiger partial charge in [0.1, 0.15) is 5.75 Å². The summed E-state index contributed by atoms with van der Waals surface area (Å²) in [6, 6.07) is 15.1. The van der Waals surface area contributed by atoms with E-state index < -0.39 is 10.0 Å². The van der Waals surface area contributed by atoms with Gasteiger partial charge in [-0.05, 0) is 54.9 Å². The van der Waals surface area contributed by atoms with Crippen molar-refractivity contribution in [2.24, 2.45) is 0 Å². The summed E-state index contributed by atoms with van der Waals surface area (Å²) in [5.41, 5.74) is 1.90. The number of benzene rings is 2. The van der Waals surface area contributed by atoms with Crippen LogP contribution in [0.4, 0.5) is 5.69 Å². The van der Waals surface area contributed by atoms with Crippen molar-refractivity contribution in [3.05, 3.63) is 59.1 Å². The maximum atomic E-state index is 12.2. The number of sulfonamides is 1. The normalized spacial score (nSPS) is 15.4. The molecule has 1 fully saturated rings. The fraction of sp³-hybridized carbons (Fsp3) is 0.429. The number of hydrogen-bond donors (Lipinski definition) is 1. The molecular formula is C21H28ClN3O3S. The Morgan fingerprint density at radius 1 is 1.07 bits per heavy atom. The zero-order valence-corrected chi connectivity index (χ0v) is 18.3. The second-order valence-corrected chi connectivity index (χ2v) is 9.41. The van der Waals surface area contributed by atoms with Crippen LogP contribution in [0.1, 0.15) is 12.0 Å². The van der Waals surface area contributed by atoms with Gasteiger partial charge in [0.05, 0.1) is 12.9 Å². The van der Waals surface area contributed by atoms with E-state index in [4.69, 9.17) is 16.3 Å². The predicted octanol–water partition coefficient (Wildman–Crippen LogP) is 2.98. The van der Waals surface area contributed by atoms with Gasteiger partial charge in [-0.2, -0.15) is 0 Å². The highest BCUT2D eigenvalue weighted by Crippen LogP contribution is 2.20. The zero-order chi connectivity index (χ0) is 20.7. The monoisotopic (exact) mass is 437 g/mol. The molecular weight excluding hydrogens is 410 g/mol. The summed E-state index contributed by atoms with van der Waals surface area (Å²) in [7, 11) is -1.68. The zero-order valence-electron chi connectivity index (χ0n) is 16.7. The van der Waals surface area contributed by atoms with Crippen LogP contribution >= 0.6 is 11.6 Å². The maximum Gasteiger partial charge on any atom is 0.215 e. The minimum absolute atomic E-state index is 0.0475. The minimum Gasteiger partial charge on any atom is -0.497 e. The molecule has 1 N–H and O–H groups in total. The van der Waals surface area contributed by atoms with Crippen molar-refractivity contribution in [3.8, 4) is 5.75 Å². The Kier molecular flexibility index (Phi) is 7.77. The van der Waals surface area contributed by atoms with Crippen LogP contribution in [0, 0.1) is 0 Å². The largest absolute Gasteiger partial charge is 0.497 e. The summed E-state index contributed by atoms with van der Waals surface area (Å²) in [6.45, 7) is 5.21. The Morgan fingerprint density at radius 2 is 1.79 bits per heavy atom. The molecule has 1 saturated heterocycles. The Morgan fingerprint density at radius 3 is 2.45 bits per heavy atom. The molecule has 0 unspecified atom stereocenters. The molecule has 8 heteroatoms. The number of methoxy groups -OCH3 is 1. The van der Waals surface area contributed by atoms with Gasteiger partial charge in [-0.1, -0.05) is 23.7 Å². The van der Waals surface area contributed by atoms with Crippen molar-refractivity contribution >= 4 is 27.3 Å². The van der Waals surface area contributed by atoms with Crippen molar-refractivity contribution in [2.45, 2.75) is 12.2 Å². The van der Waals surface area contributed by atoms with Crippen LogP contribution in [-0.4, -0.2) is 59.7 Å². The summed E-state index contributed by atoms with van der Waals surface area (Å²) in [6.07, 6.45) is 0.789. The number of nitrogens with zero attached hydrogens (tertiary/aromatic N) is 2. The summed E-state index contributed by atoms with van der Waals surface area (Å²) in [5.74, 6) is 0.818. The predicted molar refractivity (Wildman–Crippen MR) is 118 cm³/mol. The van der Waals surface area contributed by atoms with Gasteiger partial charge in [-0.3, -0.25) is 4.90 Å². The molecule has 0 radical (unpaired) electrons. The van der Waals surface area contributed by atoms with Gasteiger partial charge in [-0.15, -0.1) is 0 Å². The van der Waals surface area contributed by atoms with Crippen molar-refractivity contribution < 1.29 is 13.2 Å². The molecule has 158 valence electrons. The van der Waals surface area contributed by atoms with Gasteiger partial charge < -0.3 is 9.64 Å². The SMILES string of the molecule is COc1ccc(N2CCN(CCCNS(=O)(=O)Cc3cccc(Cl)c3)CC2)cc1. The molecule has 29 heavy (non-hydrogen) atoms. The van der Waals surface area contributed by atoms with Gasteiger partial charge in [0, 0.05) is 43.4 Å². The molecule has 0 aromatic heterocycles. The topological polar surface area (TPSA) is 61.9 Å². The van der Waals surface area contributed by atoms with Crippen molar-refractivity contribution in [1.29, 1.82) is 0 Å². The number of anilines is 1. The summed E-state index contributed by atoms with van der Waals surface area (Å²) >= 11 is 5.92. The molecule has 2 aromatic rings. The fourth-order valence-corrected chi connectivity index (χ4v) is 4.84. The third kappa shape index (κ3) is 6.89. The molecule has 1 aliphatic rings. The first-order valence-corrected chi connectivity index (χ1v) is 11.8. The second kappa shape index (κ2) is 10.3. The van der Waals surface area contributed by atoms with Gasteiger partial charge in [0.25, 0.3) is 0 Å². The second-order valence-electron chi connectivity index (χ2n) is 7.16. The van der Waals surface area contributed by atoms with E-state index in [1.165, 1.54) is 5.69 Å². The molecule has 3 rings (SSSR count). The van der Waals surface area contributed by atoms with E-state index in [0.29, 0.717) is 17.1 Å². The lowest BCUT2D eigenvalue weighted by molar-refractivity contribution is 0.255. The van der Waals surface area contributed by atoms with Gasteiger partial charge in [-0.25, -0.2) is 13.1 Å². The average Bonchev–Trinajstić information content (AvgIpc) is 2.71. The molecule has 6 nitrogen and oxygen atoms in total. The first-order chi connectivity index (χ1) is 13.9. The fourth-order valence-electron chi connectivity index (χ4n) is 3.45. The highest BCUT2D eigenvalue weighted by Gasteiger charge is 2.17. The smallest absolute Gasteiger partial charge is 0.215 e. The van der Waals surface area contributed by atoms with Crippen molar-refractivity contribution in [1.82, 2.24) is 9.62 Å². The van der Waals surface area contributed by atoms with E-state index in [9.17, 15) is 8.42 Å². The van der Waals surface area contributed by atoms with E-state index in [-0.39, 0.29) is 5.75 Å². The Labute approximate surface area is 178 Å². The van der Waals surface area contributed by atoms with Gasteiger partial charge in [0.15, 0.2) is 0 Å². The molecule has 0 aliphatic carbocycles. The number of halogens is 1. The van der Waals surface area contributed by atoms with Crippen LogP contribution in [0.2, 0.25) is 5.02 Å². The molecule has 0 spiro atoms. The van der Waals surface area contributed by atoms with Crippen LogP contribution < -0.4 is 14.4 Å². The lowest BCUT2D eigenvalue weighted by atomic mass is 10.2. The first-order valence-electron chi connectivity index (χ1n) is 9.78.